The number of ether oxygens (including phenoxy) is 2. The highest BCUT2D eigenvalue weighted by Crippen LogP contribution is 2.21. The number of nitrogens with zero attached hydrogens (tertiary/aromatic N) is 2. The average molecular weight is 740 g/mol. The molecule has 12 heteroatoms. The van der Waals surface area contributed by atoms with E-state index in [1.807, 2.05) is 0 Å². The van der Waals surface area contributed by atoms with Crippen molar-refractivity contribution in [3.05, 3.63) is 0 Å². The summed E-state index contributed by atoms with van der Waals surface area (Å²) in [5.74, 6) is -1.38. The van der Waals surface area contributed by atoms with Gasteiger partial charge in [0.15, 0.2) is 5.96 Å². The molecule has 6 N–H and O–H groups in total. The van der Waals surface area contributed by atoms with E-state index in [2.05, 4.69) is 24.2 Å². The fraction of sp³-hybridized carbons (Fsp3) is 0.875. The van der Waals surface area contributed by atoms with Gasteiger partial charge >= 0.3 is 18.0 Å². The smallest absolute Gasteiger partial charge is 0.408 e. The molecule has 0 aromatic heterocycles. The molecule has 1 heterocycles. The minimum atomic E-state index is -0.852. The maximum absolute atomic E-state index is 13.4. The Labute approximate surface area is 316 Å². The normalized spacial score (nSPS) is 14.6. The molecule has 1 rings (SSSR count). The summed E-state index contributed by atoms with van der Waals surface area (Å²) in [6, 6.07) is -1.49. The van der Waals surface area contributed by atoms with Gasteiger partial charge in [-0.25, -0.2) is 9.59 Å². The minimum Gasteiger partial charge on any atom is -0.481 e. The molecule has 0 unspecified atom stereocenters. The average Bonchev–Trinajstić information content (AvgIpc) is 3.57. The number of aliphatic imine (C=N–C) groups is 1. The number of guanidine groups is 1. The van der Waals surface area contributed by atoms with E-state index in [9.17, 15) is 19.2 Å². The van der Waals surface area contributed by atoms with Crippen LogP contribution in [0.25, 0.3) is 0 Å². The van der Waals surface area contributed by atoms with Crippen LogP contribution < -0.4 is 16.8 Å². The van der Waals surface area contributed by atoms with Crippen LogP contribution in [0.4, 0.5) is 4.79 Å². The maximum atomic E-state index is 13.4. The Balaban J connectivity index is 0.00000156. The number of rotatable bonds is 28. The van der Waals surface area contributed by atoms with Crippen LogP contribution in [-0.4, -0.2) is 77.3 Å². The van der Waals surface area contributed by atoms with Gasteiger partial charge in [-0.1, -0.05) is 123 Å². The van der Waals surface area contributed by atoms with Crippen molar-refractivity contribution in [2.45, 2.75) is 206 Å². The number of nitrogens with one attached hydrogen (secondary N) is 1. The second-order valence-electron chi connectivity index (χ2n) is 15.2. The van der Waals surface area contributed by atoms with Gasteiger partial charge in [0.2, 0.25) is 5.91 Å². The Morgan fingerprint density at radius 2 is 1.29 bits per heavy atom. The van der Waals surface area contributed by atoms with Crippen molar-refractivity contribution >= 4 is 29.9 Å². The van der Waals surface area contributed by atoms with Gasteiger partial charge in [0.1, 0.15) is 17.7 Å². The molecule has 0 saturated carbocycles. The summed E-state index contributed by atoms with van der Waals surface area (Å²) < 4.78 is 10.9. The van der Waals surface area contributed by atoms with Gasteiger partial charge in [-0.2, -0.15) is 0 Å². The SMILES string of the molecule is CCCCCCCCCCCC(=O)O.CCCCCCCCCCCCOC(=O)[C@@H]1CCCN1C(=O)[C@H](CCCN=C(N)N)NC(=O)OC(C)(C)C. The number of carbonyl (C=O) groups is 4. The maximum Gasteiger partial charge on any atom is 0.408 e. The van der Waals surface area contributed by atoms with Crippen LogP contribution in [0.3, 0.4) is 0 Å². The van der Waals surface area contributed by atoms with Gasteiger partial charge in [-0.3, -0.25) is 14.6 Å². The first-order valence-corrected chi connectivity index (χ1v) is 20.6. The van der Waals surface area contributed by atoms with Gasteiger partial charge in [0, 0.05) is 19.5 Å². The van der Waals surface area contributed by atoms with Crippen molar-refractivity contribution in [2.24, 2.45) is 16.5 Å². The molecule has 1 aliphatic rings. The molecule has 0 aliphatic carbocycles. The van der Waals surface area contributed by atoms with Gasteiger partial charge in [0.05, 0.1) is 6.61 Å². The lowest BCUT2D eigenvalue weighted by atomic mass is 10.1. The number of alkyl carbamates (subject to hydrolysis) is 1. The highest BCUT2D eigenvalue weighted by molar-refractivity contribution is 5.90. The predicted molar refractivity (Wildman–Crippen MR) is 210 cm³/mol. The summed E-state index contributed by atoms with van der Waals surface area (Å²) in [7, 11) is 0. The van der Waals surface area contributed by atoms with Crippen molar-refractivity contribution in [2.75, 3.05) is 19.7 Å². The zero-order chi connectivity index (χ0) is 39.0. The van der Waals surface area contributed by atoms with Gasteiger partial charge < -0.3 is 36.3 Å². The number of carbonyl (C=O) groups excluding carboxylic acids is 3. The first-order chi connectivity index (χ1) is 24.8. The van der Waals surface area contributed by atoms with E-state index in [1.54, 1.807) is 20.8 Å². The van der Waals surface area contributed by atoms with Crippen molar-refractivity contribution < 1.29 is 33.8 Å². The largest absolute Gasteiger partial charge is 0.481 e. The van der Waals surface area contributed by atoms with Crippen LogP contribution in [0, 0.1) is 0 Å². The predicted octanol–water partition coefficient (Wildman–Crippen LogP) is 8.38. The van der Waals surface area contributed by atoms with Crippen LogP contribution in [0.15, 0.2) is 4.99 Å². The molecule has 0 spiro atoms. The minimum absolute atomic E-state index is 0.0299. The molecule has 0 radical (unpaired) electrons. The molecule has 1 aliphatic heterocycles. The van der Waals surface area contributed by atoms with E-state index < -0.39 is 29.7 Å². The summed E-state index contributed by atoms with van der Waals surface area (Å²) in [6.07, 6.45) is 24.9. The topological polar surface area (TPSA) is 187 Å². The molecule has 304 valence electrons. The number of carboxylic acid groups (broad SMARTS) is 1. The zero-order valence-electron chi connectivity index (χ0n) is 33.7. The highest BCUT2D eigenvalue weighted by Gasteiger charge is 2.38. The fourth-order valence-electron chi connectivity index (χ4n) is 6.13. The van der Waals surface area contributed by atoms with E-state index in [4.69, 9.17) is 26.0 Å². The molecule has 1 saturated heterocycles. The molecular formula is C40H77N5O7. The first-order valence-electron chi connectivity index (χ1n) is 20.6. The fourth-order valence-corrected chi connectivity index (χ4v) is 6.13. The third-order valence-electron chi connectivity index (χ3n) is 8.98. The Hall–Kier alpha value is -3.05. The molecule has 0 aromatic carbocycles. The number of amides is 2. The Kier molecular flexibility index (Phi) is 29.6. The van der Waals surface area contributed by atoms with E-state index in [0.717, 1.165) is 32.1 Å². The van der Waals surface area contributed by atoms with Crippen LogP contribution in [0.2, 0.25) is 0 Å². The lowest BCUT2D eigenvalue weighted by Gasteiger charge is -2.29. The van der Waals surface area contributed by atoms with E-state index in [1.165, 1.54) is 94.8 Å². The van der Waals surface area contributed by atoms with E-state index in [0.29, 0.717) is 51.8 Å². The number of nitrogens with two attached hydrogens (primary N) is 2. The number of likely N-dealkylation sites (tertiary alicyclic amines) is 1. The van der Waals surface area contributed by atoms with Crippen molar-refractivity contribution in [3.63, 3.8) is 0 Å². The second kappa shape index (κ2) is 31.5. The first kappa shape index (κ1) is 49.0. The molecule has 12 nitrogen and oxygen atoms in total. The lowest BCUT2D eigenvalue weighted by molar-refractivity contribution is -0.154. The number of hydrogen-bond acceptors (Lipinski definition) is 7. The monoisotopic (exact) mass is 740 g/mol. The summed E-state index contributed by atoms with van der Waals surface area (Å²) in [4.78, 5) is 54.3. The van der Waals surface area contributed by atoms with E-state index >= 15 is 0 Å². The Morgan fingerprint density at radius 1 is 0.788 bits per heavy atom. The molecule has 0 aromatic rings. The third-order valence-corrected chi connectivity index (χ3v) is 8.98. The quantitative estimate of drug-likeness (QED) is 0.0265. The standard InChI is InChI=1S/C28H53N5O5.C12H24O2/c1-5-6-7-8-9-10-11-12-13-14-21-37-25(35)23-18-16-20-33(23)24(34)22(17-15-19-31-26(29)30)32-27(36)38-28(2,3)4;1-2-3-4-5-6-7-8-9-10-11-12(13)14/h22-23H,5-21H2,1-4H3,(H,32,36)(H4,29,30,31);2-11H2,1H3,(H,13,14)/t22-,23-;/m0./s1. The van der Waals surface area contributed by atoms with Crippen molar-refractivity contribution in [1.29, 1.82) is 0 Å². The van der Waals surface area contributed by atoms with Crippen LogP contribution in [-0.2, 0) is 23.9 Å². The number of hydrogen-bond donors (Lipinski definition) is 4. The molecular weight excluding hydrogens is 662 g/mol. The summed E-state index contributed by atoms with van der Waals surface area (Å²) in [5, 5.41) is 11.1. The summed E-state index contributed by atoms with van der Waals surface area (Å²) >= 11 is 0. The Morgan fingerprint density at radius 3 is 1.77 bits per heavy atom. The molecule has 52 heavy (non-hydrogen) atoms. The number of carboxylic acids is 1. The third kappa shape index (κ3) is 28.5. The van der Waals surface area contributed by atoms with Crippen LogP contribution in [0.1, 0.15) is 189 Å². The van der Waals surface area contributed by atoms with Gasteiger partial charge in [-0.15, -0.1) is 0 Å². The summed E-state index contributed by atoms with van der Waals surface area (Å²) in [6.45, 7) is 10.9. The number of aliphatic carboxylic acids is 1. The van der Waals surface area contributed by atoms with Crippen LogP contribution >= 0.6 is 0 Å². The second-order valence-corrected chi connectivity index (χ2v) is 15.2. The lowest BCUT2D eigenvalue weighted by Crippen LogP contribution is -2.52. The molecule has 1 fully saturated rings. The van der Waals surface area contributed by atoms with Crippen LogP contribution in [0.5, 0.6) is 0 Å². The van der Waals surface area contributed by atoms with Crippen molar-refractivity contribution in [1.82, 2.24) is 10.2 Å². The van der Waals surface area contributed by atoms with Gasteiger partial charge in [-0.05, 0) is 59.3 Å². The van der Waals surface area contributed by atoms with Gasteiger partial charge in [0.25, 0.3) is 0 Å². The number of esters is 1. The van der Waals surface area contributed by atoms with Crippen molar-refractivity contribution in [3.8, 4) is 0 Å². The molecule has 2 atom stereocenters. The van der Waals surface area contributed by atoms with E-state index in [-0.39, 0.29) is 17.8 Å². The molecule has 2 amide bonds. The zero-order valence-corrected chi connectivity index (χ0v) is 33.7. The Bertz CT molecular complexity index is 982. The molecule has 0 bridgehead atoms. The number of unbranched alkanes of at least 4 members (excludes halogenated alkanes) is 17. The highest BCUT2D eigenvalue weighted by atomic mass is 16.6. The summed E-state index contributed by atoms with van der Waals surface area (Å²) in [5.41, 5.74) is 10.1.